The lowest BCUT2D eigenvalue weighted by Gasteiger charge is -2.43. The fraction of sp³-hybridized carbons (Fsp3) is 1.00. The second kappa shape index (κ2) is 5.48. The third kappa shape index (κ3) is 2.45. The molecule has 1 saturated heterocycles. The van der Waals surface area contributed by atoms with Crippen LogP contribution in [0.4, 0.5) is 0 Å². The maximum Gasteiger partial charge on any atom is 0.0738 e. The summed E-state index contributed by atoms with van der Waals surface area (Å²) in [5.41, 5.74) is 5.21. The van der Waals surface area contributed by atoms with Crippen LogP contribution in [0.1, 0.15) is 52.4 Å². The Bertz CT molecular complexity index is 274. The lowest BCUT2D eigenvalue weighted by Crippen LogP contribution is -2.53. The zero-order valence-corrected chi connectivity index (χ0v) is 12.0. The molecule has 3 heteroatoms. The van der Waals surface area contributed by atoms with E-state index in [0.29, 0.717) is 13.2 Å². The van der Waals surface area contributed by atoms with E-state index in [1.54, 1.807) is 0 Å². The zero-order chi connectivity index (χ0) is 13.2. The SMILES string of the molecule is CC(C)C1CCCC(O)(C2(CN)CCOC2)CC1. The van der Waals surface area contributed by atoms with Crippen LogP contribution in [-0.4, -0.2) is 30.5 Å². The van der Waals surface area contributed by atoms with E-state index < -0.39 is 5.60 Å². The first-order valence-electron chi connectivity index (χ1n) is 7.53. The molecule has 2 rings (SSSR count). The first-order chi connectivity index (χ1) is 8.53. The molecule has 3 N–H and O–H groups in total. The highest BCUT2D eigenvalue weighted by Gasteiger charge is 2.51. The van der Waals surface area contributed by atoms with Crippen LogP contribution >= 0.6 is 0 Å². The van der Waals surface area contributed by atoms with Crippen molar-refractivity contribution < 1.29 is 9.84 Å². The average molecular weight is 255 g/mol. The molecule has 1 heterocycles. The summed E-state index contributed by atoms with van der Waals surface area (Å²) in [5, 5.41) is 11.1. The van der Waals surface area contributed by atoms with E-state index in [2.05, 4.69) is 13.8 Å². The Morgan fingerprint density at radius 1 is 1.28 bits per heavy atom. The fourth-order valence-electron chi connectivity index (χ4n) is 3.87. The van der Waals surface area contributed by atoms with Crippen molar-refractivity contribution in [2.45, 2.75) is 58.0 Å². The van der Waals surface area contributed by atoms with Crippen LogP contribution in [0, 0.1) is 17.3 Å². The molecule has 18 heavy (non-hydrogen) atoms. The first-order valence-corrected chi connectivity index (χ1v) is 7.53. The van der Waals surface area contributed by atoms with Gasteiger partial charge in [-0.25, -0.2) is 0 Å². The summed E-state index contributed by atoms with van der Waals surface area (Å²) in [5.74, 6) is 1.48. The standard InChI is InChI=1S/C15H29NO2/c1-12(2)13-4-3-6-15(17,7-5-13)14(10-16)8-9-18-11-14/h12-13,17H,3-11,16H2,1-2H3. The molecule has 0 aromatic rings. The summed E-state index contributed by atoms with van der Waals surface area (Å²) >= 11 is 0. The molecule has 2 fully saturated rings. The summed E-state index contributed by atoms with van der Waals surface area (Å²) in [6.07, 6.45) is 6.23. The van der Waals surface area contributed by atoms with Crippen molar-refractivity contribution >= 4 is 0 Å². The molecule has 0 aromatic heterocycles. The summed E-state index contributed by atoms with van der Waals surface area (Å²) in [4.78, 5) is 0. The van der Waals surface area contributed by atoms with Crippen molar-refractivity contribution in [1.82, 2.24) is 0 Å². The van der Waals surface area contributed by atoms with Crippen molar-refractivity contribution in [2.24, 2.45) is 23.0 Å². The molecule has 106 valence electrons. The zero-order valence-electron chi connectivity index (χ0n) is 12.0. The van der Waals surface area contributed by atoms with Gasteiger partial charge >= 0.3 is 0 Å². The Labute approximate surface area is 111 Å². The minimum absolute atomic E-state index is 0.182. The van der Waals surface area contributed by atoms with Crippen LogP contribution < -0.4 is 5.73 Å². The first kappa shape index (κ1) is 14.3. The second-order valence-electron chi connectivity index (χ2n) is 6.75. The average Bonchev–Trinajstić information content (AvgIpc) is 2.75. The van der Waals surface area contributed by atoms with E-state index in [9.17, 15) is 5.11 Å². The van der Waals surface area contributed by atoms with Crippen molar-refractivity contribution in [1.29, 1.82) is 0 Å². The number of hydrogen-bond donors (Lipinski definition) is 2. The van der Waals surface area contributed by atoms with Crippen molar-refractivity contribution in [3.8, 4) is 0 Å². The van der Waals surface area contributed by atoms with Gasteiger partial charge in [-0.15, -0.1) is 0 Å². The normalized spacial score (nSPS) is 42.2. The minimum atomic E-state index is -0.595. The van der Waals surface area contributed by atoms with Gasteiger partial charge < -0.3 is 15.6 Å². The van der Waals surface area contributed by atoms with Crippen molar-refractivity contribution in [3.63, 3.8) is 0 Å². The molecule has 1 saturated carbocycles. The van der Waals surface area contributed by atoms with E-state index in [1.165, 1.54) is 6.42 Å². The summed E-state index contributed by atoms with van der Waals surface area (Å²) in [6.45, 7) is 6.55. The highest BCUT2D eigenvalue weighted by molar-refractivity contribution is 5.03. The van der Waals surface area contributed by atoms with E-state index in [0.717, 1.165) is 50.5 Å². The van der Waals surface area contributed by atoms with Crippen LogP contribution in [0.15, 0.2) is 0 Å². The molecule has 1 aliphatic heterocycles. The summed E-state index contributed by atoms with van der Waals surface area (Å²) in [7, 11) is 0. The number of ether oxygens (including phenoxy) is 1. The second-order valence-corrected chi connectivity index (χ2v) is 6.75. The Hall–Kier alpha value is -0.120. The Morgan fingerprint density at radius 2 is 2.06 bits per heavy atom. The van der Waals surface area contributed by atoms with Gasteiger partial charge in [0.05, 0.1) is 12.2 Å². The highest BCUT2D eigenvalue weighted by Crippen LogP contribution is 2.47. The van der Waals surface area contributed by atoms with Crippen LogP contribution in [0.3, 0.4) is 0 Å². The van der Waals surface area contributed by atoms with Crippen LogP contribution in [0.25, 0.3) is 0 Å². The van der Waals surface area contributed by atoms with E-state index in [1.807, 2.05) is 0 Å². The monoisotopic (exact) mass is 255 g/mol. The van der Waals surface area contributed by atoms with Gasteiger partial charge in [-0.05, 0) is 37.5 Å². The van der Waals surface area contributed by atoms with Gasteiger partial charge in [-0.2, -0.15) is 0 Å². The molecule has 3 nitrogen and oxygen atoms in total. The largest absolute Gasteiger partial charge is 0.389 e. The molecule has 0 amide bonds. The molecule has 3 unspecified atom stereocenters. The molecular formula is C15H29NO2. The Morgan fingerprint density at radius 3 is 2.61 bits per heavy atom. The molecule has 2 aliphatic rings. The number of aliphatic hydroxyl groups is 1. The number of rotatable bonds is 3. The van der Waals surface area contributed by atoms with Crippen LogP contribution in [0.2, 0.25) is 0 Å². The predicted molar refractivity (Wildman–Crippen MR) is 73.3 cm³/mol. The van der Waals surface area contributed by atoms with Gasteiger partial charge in [0.25, 0.3) is 0 Å². The highest BCUT2D eigenvalue weighted by atomic mass is 16.5. The molecule has 0 radical (unpaired) electrons. The van der Waals surface area contributed by atoms with E-state index in [4.69, 9.17) is 10.5 Å². The van der Waals surface area contributed by atoms with Crippen LogP contribution in [-0.2, 0) is 4.74 Å². The minimum Gasteiger partial charge on any atom is -0.389 e. The van der Waals surface area contributed by atoms with E-state index in [-0.39, 0.29) is 5.41 Å². The van der Waals surface area contributed by atoms with E-state index >= 15 is 0 Å². The predicted octanol–water partition coefficient (Wildman–Crippen LogP) is 2.32. The third-order valence-electron chi connectivity index (χ3n) is 5.52. The number of hydrogen-bond acceptors (Lipinski definition) is 3. The molecule has 0 spiro atoms. The number of nitrogens with two attached hydrogens (primary N) is 1. The van der Waals surface area contributed by atoms with Gasteiger partial charge in [-0.1, -0.05) is 26.7 Å². The molecule has 3 atom stereocenters. The van der Waals surface area contributed by atoms with Gasteiger partial charge in [0.1, 0.15) is 0 Å². The molecular weight excluding hydrogens is 226 g/mol. The summed E-state index contributed by atoms with van der Waals surface area (Å²) in [6, 6.07) is 0. The lowest BCUT2D eigenvalue weighted by molar-refractivity contribution is -0.0941. The lowest BCUT2D eigenvalue weighted by atomic mass is 9.67. The smallest absolute Gasteiger partial charge is 0.0738 e. The maximum atomic E-state index is 11.1. The molecule has 1 aliphatic carbocycles. The maximum absolute atomic E-state index is 11.1. The van der Waals surface area contributed by atoms with Gasteiger partial charge in [0.15, 0.2) is 0 Å². The Balaban J connectivity index is 2.10. The van der Waals surface area contributed by atoms with Crippen molar-refractivity contribution in [3.05, 3.63) is 0 Å². The Kier molecular flexibility index (Phi) is 4.35. The summed E-state index contributed by atoms with van der Waals surface area (Å²) < 4.78 is 5.54. The van der Waals surface area contributed by atoms with Gasteiger partial charge in [0.2, 0.25) is 0 Å². The van der Waals surface area contributed by atoms with Crippen LogP contribution in [0.5, 0.6) is 0 Å². The van der Waals surface area contributed by atoms with Crippen molar-refractivity contribution in [2.75, 3.05) is 19.8 Å². The topological polar surface area (TPSA) is 55.5 Å². The van der Waals surface area contributed by atoms with Gasteiger partial charge in [-0.3, -0.25) is 0 Å². The molecule has 0 bridgehead atoms. The van der Waals surface area contributed by atoms with Gasteiger partial charge in [0, 0.05) is 18.6 Å². The molecule has 0 aromatic carbocycles. The quantitative estimate of drug-likeness (QED) is 0.761. The third-order valence-corrected chi connectivity index (χ3v) is 5.52. The fourth-order valence-corrected chi connectivity index (χ4v) is 3.87.